The van der Waals surface area contributed by atoms with E-state index in [2.05, 4.69) is 16.6 Å². The zero-order valence-electron chi connectivity index (χ0n) is 13.5. The van der Waals surface area contributed by atoms with Crippen molar-refractivity contribution in [2.75, 3.05) is 11.9 Å². The molecule has 0 heterocycles. The van der Waals surface area contributed by atoms with Crippen LogP contribution in [0.15, 0.2) is 66.7 Å². The third-order valence-electron chi connectivity index (χ3n) is 3.78. The average molecular weight is 328 g/mol. The fraction of sp³-hybridized carbons (Fsp3) is 0.0476. The summed E-state index contributed by atoms with van der Waals surface area (Å²) in [5.41, 5.74) is 1.33. The zero-order valence-corrected chi connectivity index (χ0v) is 13.5. The molecule has 4 nitrogen and oxygen atoms in total. The number of para-hydroxylation sites is 1. The summed E-state index contributed by atoms with van der Waals surface area (Å²) in [5.74, 6) is 1.75. The number of anilines is 1. The fourth-order valence-electron chi connectivity index (χ4n) is 2.54. The molecule has 0 aliphatic heterocycles. The highest BCUT2D eigenvalue weighted by atomic mass is 16.2. The Labute approximate surface area is 145 Å². The Hall–Kier alpha value is -3.58. The lowest BCUT2D eigenvalue weighted by Crippen LogP contribution is -2.25. The summed E-state index contributed by atoms with van der Waals surface area (Å²) < 4.78 is 0. The first-order valence-electron chi connectivity index (χ1n) is 7.80. The molecule has 0 aliphatic carbocycles. The van der Waals surface area contributed by atoms with Gasteiger partial charge in [-0.1, -0.05) is 48.4 Å². The van der Waals surface area contributed by atoms with Crippen molar-refractivity contribution in [3.8, 4) is 12.3 Å². The predicted octanol–water partition coefficient (Wildman–Crippen LogP) is 3.46. The van der Waals surface area contributed by atoms with E-state index in [1.54, 1.807) is 30.3 Å². The molecule has 0 aromatic heterocycles. The van der Waals surface area contributed by atoms with Gasteiger partial charge in [0, 0.05) is 5.56 Å². The second-order valence-corrected chi connectivity index (χ2v) is 5.45. The highest BCUT2D eigenvalue weighted by Crippen LogP contribution is 2.19. The van der Waals surface area contributed by atoms with Gasteiger partial charge < -0.3 is 10.6 Å². The summed E-state index contributed by atoms with van der Waals surface area (Å²) in [5, 5.41) is 7.44. The van der Waals surface area contributed by atoms with E-state index in [4.69, 9.17) is 6.42 Å². The first kappa shape index (κ1) is 16.3. The number of carbonyl (C=O) groups excluding carboxylic acids is 2. The molecule has 0 saturated carbocycles. The van der Waals surface area contributed by atoms with Crippen LogP contribution in [0.1, 0.15) is 20.7 Å². The fourth-order valence-corrected chi connectivity index (χ4v) is 2.54. The van der Waals surface area contributed by atoms with E-state index in [9.17, 15) is 9.59 Å². The molecule has 3 rings (SSSR count). The molecule has 4 heteroatoms. The minimum Gasteiger partial charge on any atom is -0.341 e. The summed E-state index contributed by atoms with van der Waals surface area (Å²) in [6.45, 7) is 0.131. The third-order valence-corrected chi connectivity index (χ3v) is 3.78. The van der Waals surface area contributed by atoms with E-state index in [1.165, 1.54) is 0 Å². The van der Waals surface area contributed by atoms with Crippen molar-refractivity contribution in [3.63, 3.8) is 0 Å². The Balaban J connectivity index is 1.85. The topological polar surface area (TPSA) is 58.2 Å². The van der Waals surface area contributed by atoms with Crippen molar-refractivity contribution >= 4 is 28.3 Å². The number of amides is 2. The first-order valence-corrected chi connectivity index (χ1v) is 7.80. The van der Waals surface area contributed by atoms with Crippen LogP contribution in [0.25, 0.3) is 10.8 Å². The molecule has 3 aromatic rings. The Morgan fingerprint density at radius 2 is 1.60 bits per heavy atom. The van der Waals surface area contributed by atoms with Gasteiger partial charge in [0.25, 0.3) is 11.8 Å². The maximum absolute atomic E-state index is 12.6. The Morgan fingerprint density at radius 3 is 2.40 bits per heavy atom. The van der Waals surface area contributed by atoms with Crippen LogP contribution in [0.3, 0.4) is 0 Å². The molecule has 0 unspecified atom stereocenters. The SMILES string of the molecule is C#CCNC(=O)c1ccccc1NC(=O)c1ccc2ccccc2c1. The molecule has 0 fully saturated rings. The van der Waals surface area contributed by atoms with Crippen molar-refractivity contribution in [3.05, 3.63) is 77.9 Å². The van der Waals surface area contributed by atoms with Crippen molar-refractivity contribution in [2.24, 2.45) is 0 Å². The van der Waals surface area contributed by atoms with Gasteiger partial charge in [-0.25, -0.2) is 0 Å². The van der Waals surface area contributed by atoms with E-state index in [0.717, 1.165) is 10.8 Å². The molecule has 0 saturated heterocycles. The van der Waals surface area contributed by atoms with E-state index in [-0.39, 0.29) is 18.4 Å². The number of rotatable bonds is 4. The number of terminal acetylenes is 1. The molecule has 3 aromatic carbocycles. The van der Waals surface area contributed by atoms with E-state index < -0.39 is 0 Å². The number of hydrogen-bond acceptors (Lipinski definition) is 2. The molecule has 2 amide bonds. The monoisotopic (exact) mass is 328 g/mol. The van der Waals surface area contributed by atoms with E-state index >= 15 is 0 Å². The molecule has 2 N–H and O–H groups in total. The van der Waals surface area contributed by atoms with Crippen molar-refractivity contribution in [1.82, 2.24) is 5.32 Å². The first-order chi connectivity index (χ1) is 12.2. The van der Waals surface area contributed by atoms with Gasteiger partial charge in [-0.05, 0) is 35.0 Å². The van der Waals surface area contributed by atoms with Gasteiger partial charge in [-0.2, -0.15) is 0 Å². The molecule has 0 atom stereocenters. The van der Waals surface area contributed by atoms with Gasteiger partial charge in [-0.15, -0.1) is 6.42 Å². The molecule has 0 spiro atoms. The molecule has 0 bridgehead atoms. The molecule has 0 aliphatic rings. The number of benzene rings is 3. The molecule has 122 valence electrons. The molecule has 25 heavy (non-hydrogen) atoms. The maximum Gasteiger partial charge on any atom is 0.255 e. The third kappa shape index (κ3) is 3.67. The highest BCUT2D eigenvalue weighted by molar-refractivity contribution is 6.10. The molecule has 0 radical (unpaired) electrons. The maximum atomic E-state index is 12.6. The van der Waals surface area contributed by atoms with E-state index in [0.29, 0.717) is 16.8 Å². The Kier molecular flexibility index (Phi) is 4.77. The standard InChI is InChI=1S/C21H16N2O2/c1-2-13-22-21(25)18-9-5-6-10-19(18)23-20(24)17-12-11-15-7-3-4-8-16(15)14-17/h1,3-12,14H,13H2,(H,22,25)(H,23,24). The predicted molar refractivity (Wildman–Crippen MR) is 99.5 cm³/mol. The van der Waals surface area contributed by atoms with Gasteiger partial charge in [0.15, 0.2) is 0 Å². The number of hydrogen-bond donors (Lipinski definition) is 2. The van der Waals surface area contributed by atoms with Crippen LogP contribution >= 0.6 is 0 Å². The summed E-state index contributed by atoms with van der Waals surface area (Å²) in [7, 11) is 0. The van der Waals surface area contributed by atoms with Crippen molar-refractivity contribution < 1.29 is 9.59 Å². The Bertz CT molecular complexity index is 986. The van der Waals surface area contributed by atoms with Crippen molar-refractivity contribution in [2.45, 2.75) is 0 Å². The summed E-state index contributed by atoms with van der Waals surface area (Å²) in [6, 6.07) is 20.1. The quantitative estimate of drug-likeness (QED) is 0.721. The normalized spacial score (nSPS) is 10.0. The summed E-state index contributed by atoms with van der Waals surface area (Å²) >= 11 is 0. The molecular formula is C21H16N2O2. The minimum absolute atomic E-state index is 0.131. The summed E-state index contributed by atoms with van der Waals surface area (Å²) in [6.07, 6.45) is 5.16. The average Bonchev–Trinajstić information content (AvgIpc) is 2.66. The number of nitrogens with one attached hydrogen (secondary N) is 2. The van der Waals surface area contributed by atoms with Crippen LogP contribution in [0.4, 0.5) is 5.69 Å². The lowest BCUT2D eigenvalue weighted by atomic mass is 10.1. The van der Waals surface area contributed by atoms with E-state index in [1.807, 2.05) is 36.4 Å². The van der Waals surface area contributed by atoms with Crippen LogP contribution in [0.2, 0.25) is 0 Å². The van der Waals surface area contributed by atoms with Gasteiger partial charge >= 0.3 is 0 Å². The summed E-state index contributed by atoms with van der Waals surface area (Å²) in [4.78, 5) is 24.7. The van der Waals surface area contributed by atoms with Crippen LogP contribution in [0, 0.1) is 12.3 Å². The largest absolute Gasteiger partial charge is 0.341 e. The lowest BCUT2D eigenvalue weighted by molar-refractivity contribution is 0.0959. The lowest BCUT2D eigenvalue weighted by Gasteiger charge is -2.11. The Morgan fingerprint density at radius 1 is 0.880 bits per heavy atom. The van der Waals surface area contributed by atoms with Gasteiger partial charge in [0.2, 0.25) is 0 Å². The smallest absolute Gasteiger partial charge is 0.255 e. The van der Waals surface area contributed by atoms with Gasteiger partial charge in [-0.3, -0.25) is 9.59 Å². The number of fused-ring (bicyclic) bond motifs is 1. The van der Waals surface area contributed by atoms with Gasteiger partial charge in [0.1, 0.15) is 0 Å². The van der Waals surface area contributed by atoms with Crippen LogP contribution < -0.4 is 10.6 Å². The van der Waals surface area contributed by atoms with Crippen LogP contribution in [-0.2, 0) is 0 Å². The zero-order chi connectivity index (χ0) is 17.6. The van der Waals surface area contributed by atoms with Crippen molar-refractivity contribution in [1.29, 1.82) is 0 Å². The highest BCUT2D eigenvalue weighted by Gasteiger charge is 2.13. The van der Waals surface area contributed by atoms with Crippen LogP contribution in [-0.4, -0.2) is 18.4 Å². The van der Waals surface area contributed by atoms with Gasteiger partial charge in [0.05, 0.1) is 17.8 Å². The van der Waals surface area contributed by atoms with Crippen LogP contribution in [0.5, 0.6) is 0 Å². The minimum atomic E-state index is -0.327. The molecular weight excluding hydrogens is 312 g/mol. The second-order valence-electron chi connectivity index (χ2n) is 5.45. The number of carbonyl (C=O) groups is 2. The second kappa shape index (κ2) is 7.33.